The molecule has 3 atom stereocenters. The van der Waals surface area contributed by atoms with E-state index in [1.165, 1.54) is 64.2 Å². The molecule has 4 heteroatoms. The highest BCUT2D eigenvalue weighted by atomic mass is 79.9. The Hall–Kier alpha value is 1.92. The quantitative estimate of drug-likeness (QED) is 0.153. The summed E-state index contributed by atoms with van der Waals surface area (Å²) >= 11 is 14.2. The fourth-order valence-corrected chi connectivity index (χ4v) is 4.76. The predicted molar refractivity (Wildman–Crippen MR) is 120 cm³/mol. The Labute approximate surface area is 173 Å². The van der Waals surface area contributed by atoms with E-state index in [2.05, 4.69) is 84.5 Å². The third-order valence-corrected chi connectivity index (χ3v) is 5.95. The largest absolute Gasteiger partial charge is 0.0928 e. The summed E-state index contributed by atoms with van der Waals surface area (Å²) in [6.07, 6.45) is 13.4. The molecule has 136 valence electrons. The molecule has 0 aliphatic heterocycles. The first kappa shape index (κ1) is 26.2. The lowest BCUT2D eigenvalue weighted by atomic mass is 9.95. The van der Waals surface area contributed by atoms with Crippen molar-refractivity contribution in [2.75, 3.05) is 10.7 Å². The highest BCUT2D eigenvalue weighted by Crippen LogP contribution is 2.22. The van der Waals surface area contributed by atoms with Crippen LogP contribution in [0, 0.1) is 5.92 Å². The Morgan fingerprint density at radius 3 is 1.86 bits per heavy atom. The molecule has 0 spiro atoms. The molecule has 0 fully saturated rings. The van der Waals surface area contributed by atoms with E-state index in [4.69, 9.17) is 0 Å². The molecule has 0 aromatic carbocycles. The predicted octanol–water partition coefficient (Wildman–Crippen LogP) is 8.87. The maximum absolute atomic E-state index is 3.65. The zero-order valence-electron chi connectivity index (χ0n) is 14.7. The van der Waals surface area contributed by atoms with Crippen LogP contribution in [-0.4, -0.2) is 20.3 Å². The molecule has 0 aliphatic rings. The summed E-state index contributed by atoms with van der Waals surface area (Å²) in [6.45, 7) is 6.74. The van der Waals surface area contributed by atoms with Crippen molar-refractivity contribution in [3.05, 3.63) is 0 Å². The van der Waals surface area contributed by atoms with Gasteiger partial charge in [-0.2, -0.15) is 0 Å². The maximum Gasteiger partial charge on any atom is 0.0145 e. The molecular weight excluding hydrogens is 536 g/mol. The minimum absolute atomic E-state index is 0.679. The fraction of sp³-hybridized carbons (Fsp3) is 1.00. The number of hydrogen-bond donors (Lipinski definition) is 0. The van der Waals surface area contributed by atoms with E-state index >= 15 is 0 Å². The van der Waals surface area contributed by atoms with Gasteiger partial charge in [0.25, 0.3) is 0 Å². The Morgan fingerprint density at radius 2 is 1.41 bits per heavy atom. The van der Waals surface area contributed by atoms with Gasteiger partial charge in [0.1, 0.15) is 0 Å². The lowest BCUT2D eigenvalue weighted by molar-refractivity contribution is 0.427. The van der Waals surface area contributed by atoms with Crippen LogP contribution in [0.5, 0.6) is 0 Å². The molecule has 0 radical (unpaired) electrons. The topological polar surface area (TPSA) is 0 Å². The van der Waals surface area contributed by atoms with Crippen molar-refractivity contribution in [3.8, 4) is 0 Å². The first-order valence-electron chi connectivity index (χ1n) is 8.91. The van der Waals surface area contributed by atoms with Gasteiger partial charge in [0.15, 0.2) is 0 Å². The molecule has 0 amide bonds. The van der Waals surface area contributed by atoms with Crippen molar-refractivity contribution in [3.63, 3.8) is 0 Å². The second kappa shape index (κ2) is 21.0. The van der Waals surface area contributed by atoms with E-state index < -0.39 is 0 Å². The first-order valence-corrected chi connectivity index (χ1v) is 13.0. The first-order chi connectivity index (χ1) is 10.5. The number of unbranched alkanes of at least 4 members (excludes halogenated alkanes) is 2. The van der Waals surface area contributed by atoms with Crippen molar-refractivity contribution in [2.24, 2.45) is 5.92 Å². The number of rotatable bonds is 13. The van der Waals surface area contributed by atoms with Crippen molar-refractivity contribution in [1.29, 1.82) is 0 Å². The summed E-state index contributed by atoms with van der Waals surface area (Å²) in [6, 6.07) is 0. The van der Waals surface area contributed by atoms with E-state index in [-0.39, 0.29) is 0 Å². The van der Waals surface area contributed by atoms with Crippen LogP contribution in [0.2, 0.25) is 0 Å². The van der Waals surface area contributed by atoms with E-state index in [1.807, 2.05) is 0 Å². The van der Waals surface area contributed by atoms with Crippen LogP contribution in [0.4, 0.5) is 0 Å². The zero-order valence-corrected chi connectivity index (χ0v) is 21.1. The monoisotopic (exact) mass is 568 g/mol. The SMILES string of the molecule is CCCC(Br)CCCCBr.CCCCC(CCBr)CC(C)Br. The molecule has 0 nitrogen and oxygen atoms in total. The number of hydrogen-bond acceptors (Lipinski definition) is 0. The van der Waals surface area contributed by atoms with Gasteiger partial charge in [-0.15, -0.1) is 0 Å². The van der Waals surface area contributed by atoms with Gasteiger partial charge < -0.3 is 0 Å². The van der Waals surface area contributed by atoms with E-state index in [9.17, 15) is 0 Å². The molecule has 0 rings (SSSR count). The number of halogens is 4. The average Bonchev–Trinajstić information content (AvgIpc) is 2.46. The van der Waals surface area contributed by atoms with Crippen molar-refractivity contribution < 1.29 is 0 Å². The standard InChI is InChI=1S/C10H20Br2.C8H16Br2/c1-3-4-5-10(6-7-11)8-9(2)12;1-2-5-8(10)6-3-4-7-9/h9-10H,3-8H2,1-2H3;8H,2-7H2,1H3. The number of alkyl halides is 4. The van der Waals surface area contributed by atoms with Crippen LogP contribution in [0.3, 0.4) is 0 Å². The summed E-state index contributed by atoms with van der Waals surface area (Å²) in [5.41, 5.74) is 0. The molecule has 0 bridgehead atoms. The second-order valence-corrected chi connectivity index (χ2v) is 10.5. The van der Waals surface area contributed by atoms with Crippen molar-refractivity contribution in [1.82, 2.24) is 0 Å². The van der Waals surface area contributed by atoms with Gasteiger partial charge in [-0.25, -0.2) is 0 Å². The third-order valence-electron chi connectivity index (χ3n) is 3.64. The van der Waals surface area contributed by atoms with Crippen LogP contribution in [0.1, 0.15) is 85.0 Å². The molecule has 0 heterocycles. The highest BCUT2D eigenvalue weighted by molar-refractivity contribution is 9.10. The van der Waals surface area contributed by atoms with E-state index in [0.717, 1.165) is 21.4 Å². The van der Waals surface area contributed by atoms with E-state index in [0.29, 0.717) is 4.83 Å². The van der Waals surface area contributed by atoms with Gasteiger partial charge >= 0.3 is 0 Å². The van der Waals surface area contributed by atoms with Gasteiger partial charge in [0.2, 0.25) is 0 Å². The molecule has 0 aliphatic carbocycles. The van der Waals surface area contributed by atoms with Crippen LogP contribution < -0.4 is 0 Å². The lowest BCUT2D eigenvalue weighted by Gasteiger charge is -2.16. The van der Waals surface area contributed by atoms with Gasteiger partial charge in [-0.05, 0) is 38.0 Å². The summed E-state index contributed by atoms with van der Waals surface area (Å²) in [4.78, 5) is 1.44. The minimum atomic E-state index is 0.679. The van der Waals surface area contributed by atoms with Crippen LogP contribution in [0.25, 0.3) is 0 Å². The molecule has 3 unspecified atom stereocenters. The smallest absolute Gasteiger partial charge is 0.0145 e. The van der Waals surface area contributed by atoms with Gasteiger partial charge in [0, 0.05) is 20.3 Å². The molecule has 22 heavy (non-hydrogen) atoms. The van der Waals surface area contributed by atoms with Crippen LogP contribution in [-0.2, 0) is 0 Å². The fourth-order valence-electron chi connectivity index (χ4n) is 2.40. The Balaban J connectivity index is 0. The highest BCUT2D eigenvalue weighted by Gasteiger charge is 2.09. The molecule has 0 saturated heterocycles. The normalized spacial score (nSPS) is 14.9. The summed E-state index contributed by atoms with van der Waals surface area (Å²) < 4.78 is 0. The van der Waals surface area contributed by atoms with Crippen LogP contribution >= 0.6 is 63.7 Å². The summed E-state index contributed by atoms with van der Waals surface area (Å²) in [5, 5.41) is 2.31. The Bertz CT molecular complexity index is 198. The second-order valence-electron chi connectivity index (χ2n) is 6.07. The molecule has 0 aromatic heterocycles. The molecular formula is C18H36Br4. The van der Waals surface area contributed by atoms with Gasteiger partial charge in [0.05, 0.1) is 0 Å². The zero-order chi connectivity index (χ0) is 17.2. The molecule has 0 N–H and O–H groups in total. The summed E-state index contributed by atoms with van der Waals surface area (Å²) in [5.74, 6) is 0.915. The van der Waals surface area contributed by atoms with Gasteiger partial charge in [-0.1, -0.05) is 117 Å². The van der Waals surface area contributed by atoms with Crippen molar-refractivity contribution >= 4 is 63.7 Å². The average molecular weight is 572 g/mol. The maximum atomic E-state index is 3.65. The summed E-state index contributed by atoms with van der Waals surface area (Å²) in [7, 11) is 0. The third kappa shape index (κ3) is 21.9. The van der Waals surface area contributed by atoms with Gasteiger partial charge in [-0.3, -0.25) is 0 Å². The van der Waals surface area contributed by atoms with Crippen LogP contribution in [0.15, 0.2) is 0 Å². The minimum Gasteiger partial charge on any atom is -0.0928 e. The lowest BCUT2D eigenvalue weighted by Crippen LogP contribution is -2.06. The Morgan fingerprint density at radius 1 is 0.727 bits per heavy atom. The molecule has 0 saturated carbocycles. The Kier molecular flexibility index (Phi) is 24.9. The molecule has 0 aromatic rings. The van der Waals surface area contributed by atoms with E-state index in [1.54, 1.807) is 0 Å². The van der Waals surface area contributed by atoms with Crippen molar-refractivity contribution in [2.45, 2.75) is 94.6 Å².